The number of nitrogens with one attached hydrogen (secondary N) is 1. The largest absolute Gasteiger partial charge is 0.422 e. The quantitative estimate of drug-likeness (QED) is 0.298. The van der Waals surface area contributed by atoms with Crippen molar-refractivity contribution in [2.45, 2.75) is 6.92 Å². The predicted octanol–water partition coefficient (Wildman–Crippen LogP) is 4.63. The average molecular weight is 393 g/mol. The van der Waals surface area contributed by atoms with Crippen molar-refractivity contribution in [1.82, 2.24) is 5.43 Å². The number of hydrazone groups is 1. The molecule has 0 saturated heterocycles. The van der Waals surface area contributed by atoms with Crippen molar-refractivity contribution in [2.24, 2.45) is 5.10 Å². The fourth-order valence-electron chi connectivity index (χ4n) is 2.47. The summed E-state index contributed by atoms with van der Waals surface area (Å²) in [6, 6.07) is 20.5. The van der Waals surface area contributed by atoms with Crippen molar-refractivity contribution < 1.29 is 14.3 Å². The number of hydrogen-bond acceptors (Lipinski definition) is 4. The van der Waals surface area contributed by atoms with Gasteiger partial charge >= 0.3 is 5.97 Å². The fraction of sp³-hybridized carbons (Fsp3) is 0.0455. The van der Waals surface area contributed by atoms with Gasteiger partial charge in [-0.1, -0.05) is 41.9 Å². The summed E-state index contributed by atoms with van der Waals surface area (Å²) in [6.07, 6.45) is 1.43. The lowest BCUT2D eigenvalue weighted by Crippen LogP contribution is -2.18. The predicted molar refractivity (Wildman–Crippen MR) is 109 cm³/mol. The molecule has 0 atom stereocenters. The molecule has 0 radical (unpaired) electrons. The lowest BCUT2D eigenvalue weighted by Gasteiger charge is -2.07. The summed E-state index contributed by atoms with van der Waals surface area (Å²) < 4.78 is 5.45. The minimum Gasteiger partial charge on any atom is -0.422 e. The van der Waals surface area contributed by atoms with Gasteiger partial charge in [-0.25, -0.2) is 10.2 Å². The van der Waals surface area contributed by atoms with E-state index in [-0.39, 0.29) is 5.91 Å². The summed E-state index contributed by atoms with van der Waals surface area (Å²) >= 11 is 5.83. The van der Waals surface area contributed by atoms with E-state index in [0.717, 1.165) is 5.56 Å². The van der Waals surface area contributed by atoms with E-state index in [4.69, 9.17) is 16.3 Å². The molecule has 140 valence electrons. The molecule has 0 bridgehead atoms. The number of hydrogen-bond donors (Lipinski definition) is 1. The number of halogens is 1. The molecule has 1 N–H and O–H groups in total. The van der Waals surface area contributed by atoms with Gasteiger partial charge in [0.1, 0.15) is 5.75 Å². The van der Waals surface area contributed by atoms with Crippen LogP contribution in [0.2, 0.25) is 5.02 Å². The topological polar surface area (TPSA) is 67.8 Å². The number of esters is 1. The number of ether oxygens (including phenoxy) is 1. The van der Waals surface area contributed by atoms with Crippen LogP contribution >= 0.6 is 11.6 Å². The third kappa shape index (κ3) is 4.84. The number of benzene rings is 3. The first-order valence-electron chi connectivity index (χ1n) is 8.50. The Morgan fingerprint density at radius 2 is 1.64 bits per heavy atom. The number of aryl methyl sites for hydroxylation is 1. The van der Waals surface area contributed by atoms with Crippen LogP contribution in [0.1, 0.15) is 31.8 Å². The second kappa shape index (κ2) is 8.97. The van der Waals surface area contributed by atoms with Gasteiger partial charge in [-0.2, -0.15) is 5.10 Å². The van der Waals surface area contributed by atoms with E-state index in [2.05, 4.69) is 10.5 Å². The number of nitrogens with zero attached hydrogens (tertiary/aromatic N) is 1. The van der Waals surface area contributed by atoms with Crippen LogP contribution in [0.25, 0.3) is 0 Å². The maximum Gasteiger partial charge on any atom is 0.343 e. The molecule has 0 unspecified atom stereocenters. The number of carbonyl (C=O) groups is 2. The molecule has 5 nitrogen and oxygen atoms in total. The first kappa shape index (κ1) is 19.3. The van der Waals surface area contributed by atoms with Gasteiger partial charge in [-0.15, -0.1) is 0 Å². The number of carbonyl (C=O) groups excluding carboxylic acids is 2. The van der Waals surface area contributed by atoms with Crippen LogP contribution in [-0.4, -0.2) is 18.1 Å². The maximum atomic E-state index is 12.3. The summed E-state index contributed by atoms with van der Waals surface area (Å²) in [4.78, 5) is 24.5. The minimum atomic E-state index is -0.513. The van der Waals surface area contributed by atoms with Gasteiger partial charge in [0, 0.05) is 16.1 Å². The molecule has 3 aromatic carbocycles. The number of amides is 1. The zero-order valence-corrected chi connectivity index (χ0v) is 15.8. The summed E-state index contributed by atoms with van der Waals surface area (Å²) in [5, 5.41) is 4.51. The van der Waals surface area contributed by atoms with Crippen molar-refractivity contribution in [3.05, 3.63) is 100 Å². The van der Waals surface area contributed by atoms with Gasteiger partial charge in [0.2, 0.25) is 0 Å². The highest BCUT2D eigenvalue weighted by molar-refractivity contribution is 6.30. The van der Waals surface area contributed by atoms with Gasteiger partial charge in [-0.05, 0) is 55.0 Å². The molecule has 0 aliphatic carbocycles. The highest BCUT2D eigenvalue weighted by Crippen LogP contribution is 2.18. The molecular formula is C22H17ClN2O3. The van der Waals surface area contributed by atoms with Crippen molar-refractivity contribution >= 4 is 29.7 Å². The minimum absolute atomic E-state index is 0.315. The van der Waals surface area contributed by atoms with Crippen LogP contribution in [0.3, 0.4) is 0 Å². The zero-order valence-electron chi connectivity index (χ0n) is 15.1. The molecule has 3 aromatic rings. The second-order valence-corrected chi connectivity index (χ2v) is 6.38. The third-order valence-electron chi connectivity index (χ3n) is 3.96. The van der Waals surface area contributed by atoms with Crippen molar-refractivity contribution in [2.75, 3.05) is 0 Å². The molecule has 1 amide bonds. The fourth-order valence-corrected chi connectivity index (χ4v) is 2.60. The second-order valence-electron chi connectivity index (χ2n) is 5.95. The molecule has 3 rings (SSSR count). The smallest absolute Gasteiger partial charge is 0.343 e. The SMILES string of the molecule is Cc1ccccc1C(=O)N/N=C\c1ccccc1OC(=O)c1ccc(Cl)cc1. The highest BCUT2D eigenvalue weighted by Gasteiger charge is 2.11. The molecule has 6 heteroatoms. The van der Waals surface area contributed by atoms with Crippen LogP contribution in [0.5, 0.6) is 5.75 Å². The van der Waals surface area contributed by atoms with Gasteiger partial charge in [0.05, 0.1) is 11.8 Å². The Labute approximate surface area is 167 Å². The Kier molecular flexibility index (Phi) is 6.19. The molecule has 0 spiro atoms. The van der Waals surface area contributed by atoms with Gasteiger partial charge < -0.3 is 4.74 Å². The van der Waals surface area contributed by atoms with E-state index >= 15 is 0 Å². The number of para-hydroxylation sites is 1. The summed E-state index contributed by atoms with van der Waals surface area (Å²) in [7, 11) is 0. The first-order valence-corrected chi connectivity index (χ1v) is 8.88. The molecule has 28 heavy (non-hydrogen) atoms. The lowest BCUT2D eigenvalue weighted by molar-refractivity contribution is 0.0734. The lowest BCUT2D eigenvalue weighted by atomic mass is 10.1. The third-order valence-corrected chi connectivity index (χ3v) is 4.21. The summed E-state index contributed by atoms with van der Waals surface area (Å²) in [5.74, 6) is -0.497. The maximum absolute atomic E-state index is 12.3. The van der Waals surface area contributed by atoms with Crippen LogP contribution in [0.4, 0.5) is 0 Å². The van der Waals surface area contributed by atoms with Crippen molar-refractivity contribution in [3.8, 4) is 5.75 Å². The molecule has 0 aliphatic rings. The molecule has 0 saturated carbocycles. The van der Waals surface area contributed by atoms with E-state index in [0.29, 0.717) is 27.5 Å². The van der Waals surface area contributed by atoms with Crippen LogP contribution < -0.4 is 10.2 Å². The summed E-state index contributed by atoms with van der Waals surface area (Å²) in [5.41, 5.74) is 4.81. The van der Waals surface area contributed by atoms with Gasteiger partial charge in [0.25, 0.3) is 5.91 Å². The Hall–Kier alpha value is -3.44. The molecular weight excluding hydrogens is 376 g/mol. The van der Waals surface area contributed by atoms with Gasteiger partial charge in [0.15, 0.2) is 0 Å². The zero-order chi connectivity index (χ0) is 19.9. The average Bonchev–Trinajstić information content (AvgIpc) is 2.70. The standard InChI is InChI=1S/C22H17ClN2O3/c1-15-6-2-4-8-19(15)21(26)25-24-14-17-7-3-5-9-20(17)28-22(27)16-10-12-18(23)13-11-16/h2-14H,1H3,(H,25,26)/b24-14-. The van der Waals surface area contributed by atoms with E-state index in [1.165, 1.54) is 6.21 Å². The normalized spacial score (nSPS) is 10.6. The Bertz CT molecular complexity index is 1030. The van der Waals surface area contributed by atoms with Gasteiger partial charge in [-0.3, -0.25) is 4.79 Å². The molecule has 0 fully saturated rings. The van der Waals surface area contributed by atoms with Crippen LogP contribution in [0, 0.1) is 6.92 Å². The Balaban J connectivity index is 1.70. The van der Waals surface area contributed by atoms with E-state index in [9.17, 15) is 9.59 Å². The molecule has 0 heterocycles. The Morgan fingerprint density at radius 3 is 2.39 bits per heavy atom. The first-order chi connectivity index (χ1) is 13.5. The van der Waals surface area contributed by atoms with E-state index < -0.39 is 5.97 Å². The summed E-state index contributed by atoms with van der Waals surface area (Å²) in [6.45, 7) is 1.85. The monoisotopic (exact) mass is 392 g/mol. The van der Waals surface area contributed by atoms with Crippen LogP contribution in [-0.2, 0) is 0 Å². The van der Waals surface area contributed by atoms with E-state index in [1.54, 1.807) is 60.7 Å². The Morgan fingerprint density at radius 1 is 0.964 bits per heavy atom. The molecule has 0 aromatic heterocycles. The van der Waals surface area contributed by atoms with Crippen molar-refractivity contribution in [1.29, 1.82) is 0 Å². The highest BCUT2D eigenvalue weighted by atomic mass is 35.5. The van der Waals surface area contributed by atoms with Crippen molar-refractivity contribution in [3.63, 3.8) is 0 Å². The molecule has 0 aliphatic heterocycles. The number of rotatable bonds is 5. The van der Waals surface area contributed by atoms with E-state index in [1.807, 2.05) is 19.1 Å². The van der Waals surface area contributed by atoms with Crippen LogP contribution in [0.15, 0.2) is 77.9 Å².